The van der Waals surface area contributed by atoms with Gasteiger partial charge in [-0.2, -0.15) is 13.9 Å². The number of halogens is 2. The molecule has 28 heavy (non-hydrogen) atoms. The van der Waals surface area contributed by atoms with Gasteiger partial charge in [-0.05, 0) is 42.0 Å². The molecule has 1 aromatic heterocycles. The van der Waals surface area contributed by atoms with Crippen molar-refractivity contribution in [1.29, 1.82) is 0 Å². The number of aromatic nitrogens is 3. The summed E-state index contributed by atoms with van der Waals surface area (Å²) in [6.07, 6.45) is 4.58. The van der Waals surface area contributed by atoms with E-state index >= 15 is 0 Å². The Morgan fingerprint density at radius 2 is 1.96 bits per heavy atom. The number of aliphatic imine (C=N–C) groups is 1. The number of carbonyl (C=O) groups is 1. The second kappa shape index (κ2) is 7.39. The minimum atomic E-state index is -2.95. The van der Waals surface area contributed by atoms with Gasteiger partial charge >= 0.3 is 12.6 Å². The van der Waals surface area contributed by atoms with Gasteiger partial charge in [0.25, 0.3) is 0 Å². The van der Waals surface area contributed by atoms with E-state index < -0.39 is 12.6 Å². The van der Waals surface area contributed by atoms with E-state index in [0.29, 0.717) is 5.56 Å². The molecule has 3 aromatic rings. The Morgan fingerprint density at radius 3 is 2.68 bits per heavy atom. The van der Waals surface area contributed by atoms with Crippen LogP contribution >= 0.6 is 0 Å². The zero-order chi connectivity index (χ0) is 19.5. The number of rotatable bonds is 5. The molecule has 4 rings (SSSR count). The second-order valence-corrected chi connectivity index (χ2v) is 5.67. The van der Waals surface area contributed by atoms with Crippen molar-refractivity contribution in [3.63, 3.8) is 0 Å². The van der Waals surface area contributed by atoms with Crippen molar-refractivity contribution in [2.24, 2.45) is 4.99 Å². The molecular formula is C19H12F2N4O3. The summed E-state index contributed by atoms with van der Waals surface area (Å²) < 4.78 is 35.8. The third-order valence-electron chi connectivity index (χ3n) is 3.81. The molecule has 0 unspecified atom stereocenters. The molecule has 9 heteroatoms. The lowest BCUT2D eigenvalue weighted by Gasteiger charge is -2.05. The normalized spacial score (nSPS) is 15.0. The number of benzene rings is 2. The molecule has 7 nitrogen and oxygen atoms in total. The van der Waals surface area contributed by atoms with Crippen LogP contribution in [0.1, 0.15) is 11.1 Å². The number of ether oxygens (including phenoxy) is 2. The highest BCUT2D eigenvalue weighted by atomic mass is 19.3. The average Bonchev–Trinajstić information content (AvgIpc) is 3.33. The second-order valence-electron chi connectivity index (χ2n) is 5.67. The molecule has 1 aliphatic heterocycles. The molecule has 2 aromatic carbocycles. The van der Waals surface area contributed by atoms with Gasteiger partial charge in [-0.25, -0.2) is 19.5 Å². The number of hydrogen-bond acceptors (Lipinski definition) is 6. The first-order valence-corrected chi connectivity index (χ1v) is 8.11. The van der Waals surface area contributed by atoms with Crippen LogP contribution in [0.15, 0.2) is 71.9 Å². The van der Waals surface area contributed by atoms with Gasteiger partial charge in [0.2, 0.25) is 5.90 Å². The smallest absolute Gasteiger partial charge is 0.387 e. The third kappa shape index (κ3) is 3.78. The van der Waals surface area contributed by atoms with E-state index in [4.69, 9.17) is 4.74 Å². The van der Waals surface area contributed by atoms with E-state index in [0.717, 1.165) is 11.3 Å². The van der Waals surface area contributed by atoms with Crippen molar-refractivity contribution in [2.45, 2.75) is 6.61 Å². The molecule has 0 fully saturated rings. The van der Waals surface area contributed by atoms with Crippen LogP contribution in [0.2, 0.25) is 0 Å². The lowest BCUT2D eigenvalue weighted by molar-refractivity contribution is -0.129. The highest BCUT2D eigenvalue weighted by molar-refractivity contribution is 6.12. The summed E-state index contributed by atoms with van der Waals surface area (Å²) in [7, 11) is 0. The van der Waals surface area contributed by atoms with Gasteiger partial charge in [-0.3, -0.25) is 0 Å². The lowest BCUT2D eigenvalue weighted by atomic mass is 10.2. The van der Waals surface area contributed by atoms with Crippen molar-refractivity contribution in [3.8, 4) is 11.4 Å². The molecule has 0 N–H and O–H groups in total. The van der Waals surface area contributed by atoms with Crippen molar-refractivity contribution in [2.75, 3.05) is 0 Å². The van der Waals surface area contributed by atoms with Gasteiger partial charge in [0, 0.05) is 5.56 Å². The Labute approximate surface area is 157 Å². The topological polar surface area (TPSA) is 78.6 Å². The van der Waals surface area contributed by atoms with E-state index in [9.17, 15) is 13.6 Å². The molecule has 0 aliphatic carbocycles. The Bertz CT molecular complexity index is 1060. The van der Waals surface area contributed by atoms with E-state index in [1.165, 1.54) is 24.5 Å². The van der Waals surface area contributed by atoms with Crippen LogP contribution in [0.5, 0.6) is 5.75 Å². The Balaban J connectivity index is 1.57. The van der Waals surface area contributed by atoms with Gasteiger partial charge in [0.15, 0.2) is 5.70 Å². The van der Waals surface area contributed by atoms with Crippen LogP contribution in [0.25, 0.3) is 11.8 Å². The predicted molar refractivity (Wildman–Crippen MR) is 95.0 cm³/mol. The fourth-order valence-corrected chi connectivity index (χ4v) is 2.56. The third-order valence-corrected chi connectivity index (χ3v) is 3.81. The molecule has 1 aliphatic rings. The van der Waals surface area contributed by atoms with Crippen molar-refractivity contribution < 1.29 is 23.0 Å². The SMILES string of the molecule is O=C1OC(c2cccc(OC(F)F)c2)=N/C1=C/c1ccc(-n2cncn2)cc1. The summed E-state index contributed by atoms with van der Waals surface area (Å²) in [6, 6.07) is 13.0. The van der Waals surface area contributed by atoms with Crippen molar-refractivity contribution in [1.82, 2.24) is 14.8 Å². The molecule has 0 radical (unpaired) electrons. The molecule has 0 bridgehead atoms. The molecule has 0 saturated carbocycles. The fraction of sp³-hybridized carbons (Fsp3) is 0.0526. The van der Waals surface area contributed by atoms with E-state index in [1.54, 1.807) is 35.3 Å². The van der Waals surface area contributed by atoms with Crippen LogP contribution < -0.4 is 4.74 Å². The Hall–Kier alpha value is -3.88. The van der Waals surface area contributed by atoms with Crippen LogP contribution in [0.3, 0.4) is 0 Å². The molecular weight excluding hydrogens is 370 g/mol. The molecule has 0 atom stereocenters. The summed E-state index contributed by atoms with van der Waals surface area (Å²) in [4.78, 5) is 20.1. The predicted octanol–water partition coefficient (Wildman–Crippen LogP) is 3.21. The molecule has 2 heterocycles. The van der Waals surface area contributed by atoms with Crippen LogP contribution in [-0.4, -0.2) is 33.2 Å². The van der Waals surface area contributed by atoms with Gasteiger partial charge in [-0.1, -0.05) is 18.2 Å². The van der Waals surface area contributed by atoms with Crippen LogP contribution in [0, 0.1) is 0 Å². The van der Waals surface area contributed by atoms with E-state index in [1.807, 2.05) is 12.1 Å². The number of hydrogen-bond donors (Lipinski definition) is 0. The van der Waals surface area contributed by atoms with Crippen molar-refractivity contribution >= 4 is 17.9 Å². The molecule has 0 saturated heterocycles. The summed E-state index contributed by atoms with van der Waals surface area (Å²) in [5.74, 6) is -0.655. The van der Waals surface area contributed by atoms with Gasteiger partial charge in [-0.15, -0.1) is 0 Å². The number of esters is 1. The summed E-state index contributed by atoms with van der Waals surface area (Å²) in [5.41, 5.74) is 2.00. The van der Waals surface area contributed by atoms with E-state index in [2.05, 4.69) is 19.8 Å². The maximum absolute atomic E-state index is 12.4. The van der Waals surface area contributed by atoms with Crippen LogP contribution in [0.4, 0.5) is 8.78 Å². The number of carbonyl (C=O) groups excluding carboxylic acids is 1. The highest BCUT2D eigenvalue weighted by Crippen LogP contribution is 2.22. The standard InChI is InChI=1S/C19H12F2N4O3/c20-19(21)27-15-3-1-2-13(9-15)17-24-16(18(26)28-17)8-12-4-6-14(7-5-12)25-11-22-10-23-25/h1-11,19H/b16-8+. The Morgan fingerprint density at radius 1 is 1.14 bits per heavy atom. The highest BCUT2D eigenvalue weighted by Gasteiger charge is 2.24. The van der Waals surface area contributed by atoms with Crippen molar-refractivity contribution in [3.05, 3.63) is 78.0 Å². The monoisotopic (exact) mass is 382 g/mol. The first-order chi connectivity index (χ1) is 13.6. The lowest BCUT2D eigenvalue weighted by Crippen LogP contribution is -2.07. The quantitative estimate of drug-likeness (QED) is 0.500. The first kappa shape index (κ1) is 17.5. The summed E-state index contributed by atoms with van der Waals surface area (Å²) in [5, 5.41) is 4.04. The minimum Gasteiger partial charge on any atom is -0.435 e. The van der Waals surface area contributed by atoms with Gasteiger partial charge in [0.1, 0.15) is 18.4 Å². The zero-order valence-electron chi connectivity index (χ0n) is 14.2. The number of alkyl halides is 2. The summed E-state index contributed by atoms with van der Waals surface area (Å²) >= 11 is 0. The maximum atomic E-state index is 12.4. The fourth-order valence-electron chi connectivity index (χ4n) is 2.56. The van der Waals surface area contributed by atoms with E-state index in [-0.39, 0.29) is 17.3 Å². The number of cyclic esters (lactones) is 1. The summed E-state index contributed by atoms with van der Waals surface area (Å²) in [6.45, 7) is -2.95. The molecule has 140 valence electrons. The minimum absolute atomic E-state index is 0.0233. The first-order valence-electron chi connectivity index (χ1n) is 8.11. The van der Waals surface area contributed by atoms with Gasteiger partial charge in [0.05, 0.1) is 5.69 Å². The van der Waals surface area contributed by atoms with Crippen LogP contribution in [-0.2, 0) is 9.53 Å². The maximum Gasteiger partial charge on any atom is 0.387 e. The molecule has 0 amide bonds. The Kier molecular flexibility index (Phi) is 4.63. The molecule has 0 spiro atoms. The zero-order valence-corrected chi connectivity index (χ0v) is 14.2. The average molecular weight is 382 g/mol. The van der Waals surface area contributed by atoms with Gasteiger partial charge < -0.3 is 9.47 Å². The number of nitrogens with zero attached hydrogens (tertiary/aromatic N) is 4. The largest absolute Gasteiger partial charge is 0.435 e.